The number of likely N-dealkylation sites (N-methyl/N-ethyl adjacent to an activating group) is 1. The van der Waals surface area contributed by atoms with Crippen LogP contribution in [0.5, 0.6) is 0 Å². The second-order valence-electron chi connectivity index (χ2n) is 5.80. The molecule has 2 heterocycles. The number of alkyl halides is 3. The van der Waals surface area contributed by atoms with Gasteiger partial charge in [0.05, 0.1) is 12.1 Å². The first-order valence-corrected chi connectivity index (χ1v) is 7.90. The molecule has 1 aromatic carbocycles. The molecular weight excluding hydrogens is 321 g/mol. The van der Waals surface area contributed by atoms with Gasteiger partial charge in [0, 0.05) is 31.7 Å². The first kappa shape index (κ1) is 16.9. The zero-order valence-corrected chi connectivity index (χ0v) is 13.4. The van der Waals surface area contributed by atoms with Gasteiger partial charge in [-0.15, -0.1) is 0 Å². The highest BCUT2D eigenvalue weighted by molar-refractivity contribution is 5.55. The highest BCUT2D eigenvalue weighted by atomic mass is 19.4. The molecule has 1 fully saturated rings. The van der Waals surface area contributed by atoms with Crippen LogP contribution < -0.4 is 0 Å². The van der Waals surface area contributed by atoms with Crippen molar-refractivity contribution in [3.8, 4) is 11.4 Å². The Labute approximate surface area is 138 Å². The van der Waals surface area contributed by atoms with Crippen LogP contribution in [0, 0.1) is 0 Å². The highest BCUT2D eigenvalue weighted by Crippen LogP contribution is 2.31. The van der Waals surface area contributed by atoms with Gasteiger partial charge in [0.25, 0.3) is 0 Å². The molecule has 1 aromatic heterocycles. The Kier molecular flexibility index (Phi) is 4.86. The summed E-state index contributed by atoms with van der Waals surface area (Å²) in [7, 11) is 0. The lowest BCUT2D eigenvalue weighted by atomic mass is 10.1. The molecule has 1 aliphatic heterocycles. The van der Waals surface area contributed by atoms with Crippen LogP contribution in [0.25, 0.3) is 11.4 Å². The standard InChI is InChI=1S/C16H19F3N4O/c1-2-22-6-8-23(9-7-22)11-14-20-15(21-24-14)12-4-3-5-13(10-12)16(17,18)19/h3-5,10H,2,6-9,11H2,1H3. The van der Waals surface area contributed by atoms with E-state index in [9.17, 15) is 13.2 Å². The monoisotopic (exact) mass is 340 g/mol. The summed E-state index contributed by atoms with van der Waals surface area (Å²) < 4.78 is 43.6. The van der Waals surface area contributed by atoms with Gasteiger partial charge in [-0.25, -0.2) is 0 Å². The van der Waals surface area contributed by atoms with Crippen molar-refractivity contribution in [1.29, 1.82) is 0 Å². The van der Waals surface area contributed by atoms with Crippen LogP contribution >= 0.6 is 0 Å². The molecule has 0 unspecified atom stereocenters. The van der Waals surface area contributed by atoms with Crippen molar-refractivity contribution in [3.05, 3.63) is 35.7 Å². The van der Waals surface area contributed by atoms with Crippen LogP contribution in [-0.4, -0.2) is 52.7 Å². The summed E-state index contributed by atoms with van der Waals surface area (Å²) in [6, 6.07) is 4.95. The van der Waals surface area contributed by atoms with Gasteiger partial charge in [-0.2, -0.15) is 18.2 Å². The predicted molar refractivity (Wildman–Crippen MR) is 82.1 cm³/mol. The Bertz CT molecular complexity index is 678. The van der Waals surface area contributed by atoms with E-state index in [0.29, 0.717) is 18.0 Å². The molecule has 24 heavy (non-hydrogen) atoms. The third-order valence-corrected chi connectivity index (χ3v) is 4.19. The Morgan fingerprint density at radius 3 is 2.50 bits per heavy atom. The average Bonchev–Trinajstić information content (AvgIpc) is 3.03. The molecule has 8 heteroatoms. The largest absolute Gasteiger partial charge is 0.416 e. The minimum absolute atomic E-state index is 0.184. The Hall–Kier alpha value is -1.93. The molecule has 0 saturated carbocycles. The number of aromatic nitrogens is 2. The van der Waals surface area contributed by atoms with Crippen molar-refractivity contribution in [3.63, 3.8) is 0 Å². The Morgan fingerprint density at radius 1 is 1.12 bits per heavy atom. The summed E-state index contributed by atoms with van der Waals surface area (Å²) in [5.74, 6) is 0.607. The van der Waals surface area contributed by atoms with E-state index in [-0.39, 0.29) is 5.82 Å². The normalized spacial score (nSPS) is 17.3. The molecule has 1 saturated heterocycles. The zero-order chi connectivity index (χ0) is 17.2. The van der Waals surface area contributed by atoms with E-state index in [1.807, 2.05) is 0 Å². The molecule has 3 rings (SSSR count). The predicted octanol–water partition coefficient (Wildman–Crippen LogP) is 2.89. The number of rotatable bonds is 4. The van der Waals surface area contributed by atoms with Gasteiger partial charge in [-0.05, 0) is 18.7 Å². The summed E-state index contributed by atoms with van der Waals surface area (Å²) in [6.45, 7) is 7.49. The molecule has 0 spiro atoms. The number of hydrogen-bond acceptors (Lipinski definition) is 5. The van der Waals surface area contributed by atoms with Crippen LogP contribution in [-0.2, 0) is 12.7 Å². The van der Waals surface area contributed by atoms with E-state index >= 15 is 0 Å². The topological polar surface area (TPSA) is 45.4 Å². The maximum Gasteiger partial charge on any atom is 0.416 e. The van der Waals surface area contributed by atoms with Crippen molar-refractivity contribution in [1.82, 2.24) is 19.9 Å². The third-order valence-electron chi connectivity index (χ3n) is 4.19. The van der Waals surface area contributed by atoms with E-state index in [1.165, 1.54) is 6.07 Å². The second-order valence-corrected chi connectivity index (χ2v) is 5.80. The van der Waals surface area contributed by atoms with E-state index in [0.717, 1.165) is 44.9 Å². The van der Waals surface area contributed by atoms with E-state index in [1.54, 1.807) is 6.07 Å². The lowest BCUT2D eigenvalue weighted by Gasteiger charge is -2.33. The Morgan fingerprint density at radius 2 is 1.83 bits per heavy atom. The summed E-state index contributed by atoms with van der Waals surface area (Å²) >= 11 is 0. The van der Waals surface area contributed by atoms with Crippen molar-refractivity contribution in [2.24, 2.45) is 0 Å². The fourth-order valence-corrected chi connectivity index (χ4v) is 2.73. The van der Waals surface area contributed by atoms with E-state index in [4.69, 9.17) is 4.52 Å². The van der Waals surface area contributed by atoms with Crippen LogP contribution in [0.4, 0.5) is 13.2 Å². The van der Waals surface area contributed by atoms with Crippen molar-refractivity contribution in [2.45, 2.75) is 19.6 Å². The van der Waals surface area contributed by atoms with Crippen molar-refractivity contribution in [2.75, 3.05) is 32.7 Å². The summed E-state index contributed by atoms with van der Waals surface area (Å²) in [5.41, 5.74) is -0.419. The molecular formula is C16H19F3N4O. The summed E-state index contributed by atoms with van der Waals surface area (Å²) in [5, 5.41) is 3.82. The third kappa shape index (κ3) is 3.93. The lowest BCUT2D eigenvalue weighted by Crippen LogP contribution is -2.45. The molecule has 0 bridgehead atoms. The minimum Gasteiger partial charge on any atom is -0.338 e. The van der Waals surface area contributed by atoms with Gasteiger partial charge >= 0.3 is 6.18 Å². The number of piperazine rings is 1. The summed E-state index contributed by atoms with van der Waals surface area (Å²) in [4.78, 5) is 8.80. The highest BCUT2D eigenvalue weighted by Gasteiger charge is 2.30. The Balaban J connectivity index is 1.68. The SMILES string of the molecule is CCN1CCN(Cc2nc(-c3cccc(C(F)(F)F)c3)no2)CC1. The molecule has 1 aliphatic rings. The first-order chi connectivity index (χ1) is 11.5. The zero-order valence-electron chi connectivity index (χ0n) is 13.4. The molecule has 0 N–H and O–H groups in total. The molecule has 2 aromatic rings. The molecule has 0 atom stereocenters. The molecule has 0 amide bonds. The molecule has 130 valence electrons. The number of benzene rings is 1. The first-order valence-electron chi connectivity index (χ1n) is 7.90. The van der Waals surface area contributed by atoms with Gasteiger partial charge in [0.15, 0.2) is 0 Å². The van der Waals surface area contributed by atoms with Gasteiger partial charge in [-0.1, -0.05) is 24.2 Å². The van der Waals surface area contributed by atoms with E-state index < -0.39 is 11.7 Å². The summed E-state index contributed by atoms with van der Waals surface area (Å²) in [6.07, 6.45) is -4.39. The average molecular weight is 340 g/mol. The van der Waals surface area contributed by atoms with Crippen LogP contribution in [0.1, 0.15) is 18.4 Å². The quantitative estimate of drug-likeness (QED) is 0.856. The number of nitrogens with zero attached hydrogens (tertiary/aromatic N) is 4. The van der Waals surface area contributed by atoms with Crippen molar-refractivity contribution < 1.29 is 17.7 Å². The maximum atomic E-state index is 12.8. The van der Waals surface area contributed by atoms with Crippen molar-refractivity contribution >= 4 is 0 Å². The smallest absolute Gasteiger partial charge is 0.338 e. The number of hydrogen-bond donors (Lipinski definition) is 0. The molecule has 0 aliphatic carbocycles. The van der Waals surface area contributed by atoms with Crippen LogP contribution in [0.15, 0.2) is 28.8 Å². The lowest BCUT2D eigenvalue weighted by molar-refractivity contribution is -0.137. The molecule has 0 radical (unpaired) electrons. The van der Waals surface area contributed by atoms with Crippen LogP contribution in [0.2, 0.25) is 0 Å². The maximum absolute atomic E-state index is 12.8. The van der Waals surface area contributed by atoms with Gasteiger partial charge in [-0.3, -0.25) is 4.90 Å². The minimum atomic E-state index is -4.39. The van der Waals surface area contributed by atoms with Crippen LogP contribution in [0.3, 0.4) is 0 Å². The van der Waals surface area contributed by atoms with Gasteiger partial charge in [0.2, 0.25) is 11.7 Å². The van der Waals surface area contributed by atoms with Gasteiger partial charge in [0.1, 0.15) is 0 Å². The fraction of sp³-hybridized carbons (Fsp3) is 0.500. The van der Waals surface area contributed by atoms with E-state index in [2.05, 4.69) is 26.9 Å². The van der Waals surface area contributed by atoms with Gasteiger partial charge < -0.3 is 9.42 Å². The second kappa shape index (κ2) is 6.90. The fourth-order valence-electron chi connectivity index (χ4n) is 2.73. The number of halogens is 3. The molecule has 5 nitrogen and oxygen atoms in total.